The minimum atomic E-state index is -4.69. The summed E-state index contributed by atoms with van der Waals surface area (Å²) in [4.78, 5) is 0. The number of hydrogen-bond acceptors (Lipinski definition) is 3. The van der Waals surface area contributed by atoms with Crippen LogP contribution in [0, 0.1) is 0 Å². The average molecular weight is 364 g/mol. The smallest absolute Gasteiger partial charge is 0.405 e. The first-order valence-corrected chi connectivity index (χ1v) is 6.85. The highest BCUT2D eigenvalue weighted by molar-refractivity contribution is 9.10. The Balaban J connectivity index is 1.91. The molecule has 21 heavy (non-hydrogen) atoms. The van der Waals surface area contributed by atoms with Gasteiger partial charge in [-0.05, 0) is 33.6 Å². The van der Waals surface area contributed by atoms with Crippen LogP contribution in [0.3, 0.4) is 0 Å². The predicted molar refractivity (Wildman–Crippen MR) is 74.6 cm³/mol. The molecule has 1 aromatic heterocycles. The summed E-state index contributed by atoms with van der Waals surface area (Å²) in [6.07, 6.45) is -1.05. The lowest BCUT2D eigenvalue weighted by Gasteiger charge is -2.11. The number of aryl methyl sites for hydroxylation is 1. The van der Waals surface area contributed by atoms with E-state index in [2.05, 4.69) is 31.1 Å². The maximum atomic E-state index is 12.2. The van der Waals surface area contributed by atoms with Crippen molar-refractivity contribution in [1.82, 2.24) is 15.1 Å². The molecule has 0 atom stereocenters. The average Bonchev–Trinajstić information content (AvgIpc) is 2.77. The third-order valence-electron chi connectivity index (χ3n) is 2.64. The molecular weight excluding hydrogens is 351 g/mol. The van der Waals surface area contributed by atoms with Crippen LogP contribution in [0.1, 0.15) is 11.1 Å². The lowest BCUT2D eigenvalue weighted by Crippen LogP contribution is -2.17. The molecule has 0 spiro atoms. The van der Waals surface area contributed by atoms with Crippen molar-refractivity contribution in [3.63, 3.8) is 0 Å². The van der Waals surface area contributed by atoms with Gasteiger partial charge < -0.3 is 10.1 Å². The summed E-state index contributed by atoms with van der Waals surface area (Å²) in [5, 5.41) is 7.24. The Morgan fingerprint density at radius 2 is 2.00 bits per heavy atom. The second kappa shape index (κ2) is 6.48. The molecule has 0 bridgehead atoms. The van der Waals surface area contributed by atoms with Crippen molar-refractivity contribution in [2.75, 3.05) is 0 Å². The van der Waals surface area contributed by atoms with Gasteiger partial charge in [-0.15, -0.1) is 13.2 Å². The molecule has 0 saturated carbocycles. The maximum absolute atomic E-state index is 12.2. The summed E-state index contributed by atoms with van der Waals surface area (Å²) in [6.45, 7) is 1.16. The van der Waals surface area contributed by atoms with Crippen molar-refractivity contribution < 1.29 is 17.9 Å². The Bertz CT molecular complexity index is 613. The van der Waals surface area contributed by atoms with E-state index in [-0.39, 0.29) is 10.2 Å². The second-order valence-electron chi connectivity index (χ2n) is 4.44. The fourth-order valence-corrected chi connectivity index (χ4v) is 2.28. The molecule has 114 valence electrons. The number of hydrogen-bond donors (Lipinski definition) is 1. The van der Waals surface area contributed by atoms with E-state index < -0.39 is 6.36 Å². The zero-order valence-corrected chi connectivity index (χ0v) is 12.7. The molecule has 2 rings (SSSR count). The quantitative estimate of drug-likeness (QED) is 0.884. The molecule has 0 amide bonds. The molecule has 4 nitrogen and oxygen atoms in total. The number of halogens is 4. The first-order valence-electron chi connectivity index (χ1n) is 6.06. The van der Waals surface area contributed by atoms with E-state index in [1.165, 1.54) is 6.07 Å². The monoisotopic (exact) mass is 363 g/mol. The Hall–Kier alpha value is -1.54. The maximum Gasteiger partial charge on any atom is 0.573 e. The van der Waals surface area contributed by atoms with Gasteiger partial charge in [0.1, 0.15) is 5.75 Å². The van der Waals surface area contributed by atoms with Gasteiger partial charge in [0.25, 0.3) is 0 Å². The normalized spacial score (nSPS) is 11.7. The lowest BCUT2D eigenvalue weighted by atomic mass is 10.2. The summed E-state index contributed by atoms with van der Waals surface area (Å²) < 4.78 is 42.3. The van der Waals surface area contributed by atoms with Gasteiger partial charge in [-0.3, -0.25) is 4.68 Å². The molecule has 0 saturated heterocycles. The van der Waals surface area contributed by atoms with Crippen molar-refractivity contribution in [3.8, 4) is 5.75 Å². The first kappa shape index (κ1) is 15.8. The van der Waals surface area contributed by atoms with Crippen molar-refractivity contribution >= 4 is 15.9 Å². The Morgan fingerprint density at radius 1 is 1.29 bits per heavy atom. The summed E-state index contributed by atoms with van der Waals surface area (Å²) in [5.41, 5.74) is 1.88. The van der Waals surface area contributed by atoms with Crippen molar-refractivity contribution in [2.24, 2.45) is 7.05 Å². The summed E-state index contributed by atoms with van der Waals surface area (Å²) in [5.74, 6) is -0.251. The third kappa shape index (κ3) is 5.05. The van der Waals surface area contributed by atoms with E-state index in [1.807, 2.05) is 13.2 Å². The van der Waals surface area contributed by atoms with Crippen LogP contribution in [-0.4, -0.2) is 16.1 Å². The van der Waals surface area contributed by atoms with Crippen molar-refractivity contribution in [2.45, 2.75) is 19.5 Å². The second-order valence-corrected chi connectivity index (χ2v) is 5.29. The molecule has 8 heteroatoms. The van der Waals surface area contributed by atoms with Crippen LogP contribution in [0.4, 0.5) is 13.2 Å². The first-order chi connectivity index (χ1) is 9.83. The highest BCUT2D eigenvalue weighted by Crippen LogP contribution is 2.31. The Kier molecular flexibility index (Phi) is 4.89. The zero-order valence-electron chi connectivity index (χ0n) is 11.1. The summed E-state index contributed by atoms with van der Waals surface area (Å²) in [7, 11) is 1.83. The molecule has 0 fully saturated rings. The number of nitrogens with zero attached hydrogens (tertiary/aromatic N) is 2. The van der Waals surface area contributed by atoms with Gasteiger partial charge in [-0.1, -0.05) is 6.07 Å². The van der Waals surface area contributed by atoms with Crippen LogP contribution in [-0.2, 0) is 20.1 Å². The molecule has 0 aliphatic heterocycles. The molecule has 1 aromatic carbocycles. The molecule has 2 aromatic rings. The van der Waals surface area contributed by atoms with Gasteiger partial charge in [0.15, 0.2) is 0 Å². The van der Waals surface area contributed by atoms with Crippen molar-refractivity contribution in [1.29, 1.82) is 0 Å². The molecule has 0 aliphatic rings. The lowest BCUT2D eigenvalue weighted by molar-refractivity contribution is -0.274. The van der Waals surface area contributed by atoms with Gasteiger partial charge in [-0.25, -0.2) is 0 Å². The van der Waals surface area contributed by atoms with E-state index in [9.17, 15) is 13.2 Å². The number of alkyl halides is 3. The van der Waals surface area contributed by atoms with E-state index in [1.54, 1.807) is 23.0 Å². The topological polar surface area (TPSA) is 39.1 Å². The standard InChI is InChI=1S/C13H13BrF3N3O/c1-20-8-10(7-19-20)6-18-5-9-2-3-12(11(14)4-9)21-13(15,16)17/h2-4,7-8,18H,5-6H2,1H3. The molecule has 1 heterocycles. The Morgan fingerprint density at radius 3 is 2.57 bits per heavy atom. The predicted octanol–water partition coefficient (Wildman–Crippen LogP) is 3.37. The van der Waals surface area contributed by atoms with Gasteiger partial charge >= 0.3 is 6.36 Å². The van der Waals surface area contributed by atoms with E-state index in [0.29, 0.717) is 13.1 Å². The van der Waals surface area contributed by atoms with Gasteiger partial charge in [0.05, 0.1) is 10.7 Å². The molecule has 0 aliphatic carbocycles. The zero-order chi connectivity index (χ0) is 15.5. The van der Waals surface area contributed by atoms with E-state index in [0.717, 1.165) is 11.1 Å². The highest BCUT2D eigenvalue weighted by atomic mass is 79.9. The van der Waals surface area contributed by atoms with E-state index >= 15 is 0 Å². The largest absolute Gasteiger partial charge is 0.573 e. The third-order valence-corrected chi connectivity index (χ3v) is 3.26. The molecule has 0 unspecified atom stereocenters. The highest BCUT2D eigenvalue weighted by Gasteiger charge is 2.31. The number of aromatic nitrogens is 2. The fourth-order valence-electron chi connectivity index (χ4n) is 1.78. The summed E-state index contributed by atoms with van der Waals surface area (Å²) in [6, 6.07) is 4.47. The molecular formula is C13H13BrF3N3O. The number of rotatable bonds is 5. The van der Waals surface area contributed by atoms with Gasteiger partial charge in [-0.2, -0.15) is 5.10 Å². The minimum Gasteiger partial charge on any atom is -0.405 e. The summed E-state index contributed by atoms with van der Waals surface area (Å²) >= 11 is 3.07. The van der Waals surface area contributed by atoms with Gasteiger partial charge in [0.2, 0.25) is 0 Å². The van der Waals surface area contributed by atoms with Crippen LogP contribution in [0.5, 0.6) is 5.75 Å². The van der Waals surface area contributed by atoms with Crippen LogP contribution in [0.15, 0.2) is 35.1 Å². The van der Waals surface area contributed by atoms with Crippen LogP contribution < -0.4 is 10.1 Å². The van der Waals surface area contributed by atoms with E-state index in [4.69, 9.17) is 0 Å². The molecule has 1 N–H and O–H groups in total. The Labute approximate surface area is 128 Å². The SMILES string of the molecule is Cn1cc(CNCc2ccc(OC(F)(F)F)c(Br)c2)cn1. The minimum absolute atomic E-state index is 0.251. The number of benzene rings is 1. The van der Waals surface area contributed by atoms with Crippen LogP contribution in [0.25, 0.3) is 0 Å². The fraction of sp³-hybridized carbons (Fsp3) is 0.308. The van der Waals surface area contributed by atoms with Crippen molar-refractivity contribution in [3.05, 3.63) is 46.2 Å². The van der Waals surface area contributed by atoms with Crippen LogP contribution in [0.2, 0.25) is 0 Å². The number of nitrogens with one attached hydrogen (secondary N) is 1. The van der Waals surface area contributed by atoms with Crippen LogP contribution >= 0.6 is 15.9 Å². The van der Waals surface area contributed by atoms with Gasteiger partial charge in [0, 0.05) is 31.9 Å². The number of ether oxygens (including phenoxy) is 1. The molecule has 0 radical (unpaired) electrons.